The number of nitrogens with one attached hydrogen (secondary N) is 1. The fraction of sp³-hybridized carbons (Fsp3) is 0.414. The molecule has 0 bridgehead atoms. The van der Waals surface area contributed by atoms with Gasteiger partial charge in [-0.25, -0.2) is 22.5 Å². The zero-order chi connectivity index (χ0) is 28.8. The van der Waals surface area contributed by atoms with E-state index in [1.165, 1.54) is 18.3 Å². The smallest absolute Gasteiger partial charge is 0.268 e. The Bertz CT molecular complexity index is 1600. The summed E-state index contributed by atoms with van der Waals surface area (Å²) in [5, 5.41) is 13.9. The number of piperazine rings is 1. The van der Waals surface area contributed by atoms with Crippen LogP contribution in [0, 0.1) is 11.6 Å². The second kappa shape index (κ2) is 10.9. The van der Waals surface area contributed by atoms with Crippen LogP contribution in [0.1, 0.15) is 25.8 Å². The van der Waals surface area contributed by atoms with Crippen LogP contribution in [0.5, 0.6) is 5.75 Å². The quantitative estimate of drug-likeness (QED) is 0.310. The number of aromatic hydroxyl groups is 1. The minimum absolute atomic E-state index is 0.00289. The molecular formula is C29H31F4N7O. The molecule has 2 aliphatic rings. The van der Waals surface area contributed by atoms with Crippen molar-refractivity contribution >= 4 is 33.4 Å². The minimum Gasteiger partial charge on any atom is -0.508 e. The number of pyridine rings is 1. The normalized spacial score (nSPS) is 16.4. The highest BCUT2D eigenvalue weighted by atomic mass is 19.3. The first-order valence-corrected chi connectivity index (χ1v) is 13.8. The van der Waals surface area contributed by atoms with Crippen molar-refractivity contribution in [3.63, 3.8) is 0 Å². The fourth-order valence-corrected chi connectivity index (χ4v) is 5.92. The molecule has 0 unspecified atom stereocenters. The number of rotatable bonds is 7. The van der Waals surface area contributed by atoms with E-state index < -0.39 is 23.6 Å². The molecule has 0 spiro atoms. The predicted octanol–water partition coefficient (Wildman–Crippen LogP) is 4.71. The summed E-state index contributed by atoms with van der Waals surface area (Å²) in [7, 11) is 0. The van der Waals surface area contributed by atoms with Crippen LogP contribution in [0.25, 0.3) is 32.9 Å². The summed E-state index contributed by atoms with van der Waals surface area (Å²) in [5.74, 6) is -1.76. The van der Waals surface area contributed by atoms with Crippen molar-refractivity contribution < 1.29 is 22.7 Å². The van der Waals surface area contributed by atoms with Gasteiger partial charge < -0.3 is 20.2 Å². The molecule has 0 aliphatic carbocycles. The van der Waals surface area contributed by atoms with Crippen LogP contribution in [0.15, 0.2) is 30.5 Å². The Morgan fingerprint density at radius 1 is 1.05 bits per heavy atom. The summed E-state index contributed by atoms with van der Waals surface area (Å²) < 4.78 is 59.4. The highest BCUT2D eigenvalue weighted by Crippen LogP contribution is 2.42. The van der Waals surface area contributed by atoms with Gasteiger partial charge in [0.05, 0.1) is 22.2 Å². The average Bonchev–Trinajstić information content (AvgIpc) is 2.95. The van der Waals surface area contributed by atoms with Gasteiger partial charge in [0.1, 0.15) is 11.6 Å². The molecule has 0 amide bonds. The number of hydrogen-bond acceptors (Lipinski definition) is 8. The van der Waals surface area contributed by atoms with Crippen molar-refractivity contribution in [2.75, 3.05) is 62.2 Å². The summed E-state index contributed by atoms with van der Waals surface area (Å²) in [5.41, 5.74) is -0.913. The largest absolute Gasteiger partial charge is 0.508 e. The first-order valence-electron chi connectivity index (χ1n) is 13.8. The lowest BCUT2D eigenvalue weighted by Gasteiger charge is -2.45. The lowest BCUT2D eigenvalue weighted by Crippen LogP contribution is -2.60. The molecule has 0 atom stereocenters. The van der Waals surface area contributed by atoms with E-state index in [1.807, 2.05) is 9.80 Å². The van der Waals surface area contributed by atoms with Crippen LogP contribution in [0.3, 0.4) is 0 Å². The number of likely N-dealkylation sites (N-methyl/N-ethyl adjacent to an activating group) is 1. The Hall–Kier alpha value is -3.77. The molecule has 2 saturated heterocycles. The van der Waals surface area contributed by atoms with Crippen molar-refractivity contribution in [1.29, 1.82) is 0 Å². The van der Waals surface area contributed by atoms with Crippen molar-refractivity contribution in [3.8, 4) is 17.0 Å². The van der Waals surface area contributed by atoms with E-state index in [-0.39, 0.29) is 33.3 Å². The molecule has 0 saturated carbocycles. The summed E-state index contributed by atoms with van der Waals surface area (Å²) in [6, 6.07) is 4.92. The molecule has 4 heterocycles. The third-order valence-electron chi connectivity index (χ3n) is 8.10. The molecule has 8 nitrogen and oxygen atoms in total. The van der Waals surface area contributed by atoms with Crippen molar-refractivity contribution in [3.05, 3.63) is 47.7 Å². The van der Waals surface area contributed by atoms with E-state index >= 15 is 13.2 Å². The molecule has 2 fully saturated rings. The van der Waals surface area contributed by atoms with Crippen LogP contribution < -0.4 is 15.1 Å². The highest BCUT2D eigenvalue weighted by Gasteiger charge is 2.34. The van der Waals surface area contributed by atoms with Crippen LogP contribution >= 0.6 is 0 Å². The Morgan fingerprint density at radius 3 is 2.46 bits per heavy atom. The molecule has 4 aromatic rings. The Kier molecular flexibility index (Phi) is 7.28. The molecule has 6 rings (SSSR count). The number of hydrogen-bond donors (Lipinski definition) is 2. The van der Waals surface area contributed by atoms with Gasteiger partial charge in [-0.1, -0.05) is 19.9 Å². The van der Waals surface area contributed by atoms with E-state index in [0.717, 1.165) is 25.2 Å². The van der Waals surface area contributed by atoms with Crippen LogP contribution in [0.2, 0.25) is 0 Å². The zero-order valence-corrected chi connectivity index (χ0v) is 22.8. The van der Waals surface area contributed by atoms with Gasteiger partial charge in [0.15, 0.2) is 11.6 Å². The van der Waals surface area contributed by atoms with Crippen molar-refractivity contribution in [2.24, 2.45) is 0 Å². The Balaban J connectivity index is 1.57. The molecule has 41 heavy (non-hydrogen) atoms. The van der Waals surface area contributed by atoms with Crippen LogP contribution in [-0.2, 0) is 0 Å². The second-order valence-corrected chi connectivity index (χ2v) is 10.4. The number of nitrogens with zero attached hydrogens (tertiary/aromatic N) is 6. The van der Waals surface area contributed by atoms with Gasteiger partial charge in [-0.3, -0.25) is 9.88 Å². The van der Waals surface area contributed by atoms with Gasteiger partial charge in [-0.2, -0.15) is 4.98 Å². The van der Waals surface area contributed by atoms with Gasteiger partial charge >= 0.3 is 0 Å². The first-order chi connectivity index (χ1) is 19.8. The monoisotopic (exact) mass is 569 g/mol. The average molecular weight is 570 g/mol. The lowest BCUT2D eigenvalue weighted by molar-refractivity contribution is 0.153. The topological polar surface area (TPSA) is 80.7 Å². The molecule has 2 aromatic heterocycles. The minimum atomic E-state index is -3.05. The molecule has 2 N–H and O–H groups in total. The standard InChI is InChI=1S/C29H31F4N7O/c1-3-38(4-2)17-14-40(15-17)29-36-26-20(28(37-29)39-9-7-34-8-10-39)13-35-25(23(26)27(32)33)19-12-18(41)11-16-5-6-21(30)24(31)22(16)19/h5-6,11-13,17,27,34,41H,3-4,7-10,14-15H2,1-2H3. The third kappa shape index (κ3) is 4.78. The van der Waals surface area contributed by atoms with Gasteiger partial charge in [0, 0.05) is 62.5 Å². The van der Waals surface area contributed by atoms with Gasteiger partial charge in [-0.15, -0.1) is 0 Å². The maximum Gasteiger partial charge on any atom is 0.268 e. The first kappa shape index (κ1) is 27.4. The van der Waals surface area contributed by atoms with Crippen molar-refractivity contribution in [2.45, 2.75) is 26.3 Å². The van der Waals surface area contributed by atoms with Gasteiger partial charge in [-0.05, 0) is 36.7 Å². The lowest BCUT2D eigenvalue weighted by atomic mass is 9.96. The zero-order valence-electron chi connectivity index (χ0n) is 22.8. The number of phenols is 1. The predicted molar refractivity (Wildman–Crippen MR) is 151 cm³/mol. The van der Waals surface area contributed by atoms with E-state index in [0.29, 0.717) is 62.5 Å². The SMILES string of the molecule is CCN(CC)C1CN(c2nc(N3CCNCC3)c3cnc(-c4cc(O)cc5ccc(F)c(F)c45)c(C(F)F)c3n2)C1. The van der Waals surface area contributed by atoms with E-state index in [9.17, 15) is 9.50 Å². The number of phenolic OH excluding ortho intramolecular Hbond substituents is 1. The number of benzene rings is 2. The summed E-state index contributed by atoms with van der Waals surface area (Å²) in [6.07, 6.45) is -1.63. The maximum absolute atomic E-state index is 15.1. The van der Waals surface area contributed by atoms with Gasteiger partial charge in [0.25, 0.3) is 6.43 Å². The molecule has 0 radical (unpaired) electrons. The van der Waals surface area contributed by atoms with Crippen molar-refractivity contribution in [1.82, 2.24) is 25.2 Å². The Labute approximate surface area is 234 Å². The highest BCUT2D eigenvalue weighted by molar-refractivity contribution is 6.02. The number of anilines is 2. The molecule has 12 heteroatoms. The maximum atomic E-state index is 15.1. The molecule has 2 aliphatic heterocycles. The van der Waals surface area contributed by atoms with E-state index in [4.69, 9.17) is 4.98 Å². The number of fused-ring (bicyclic) bond motifs is 2. The van der Waals surface area contributed by atoms with Crippen LogP contribution in [-0.4, -0.2) is 83.4 Å². The number of aromatic nitrogens is 3. The molecule has 216 valence electrons. The van der Waals surface area contributed by atoms with E-state index in [2.05, 4.69) is 34.0 Å². The molecule has 2 aromatic carbocycles. The third-order valence-corrected chi connectivity index (χ3v) is 8.10. The molecular weight excluding hydrogens is 538 g/mol. The number of halogens is 4. The second-order valence-electron chi connectivity index (χ2n) is 10.4. The summed E-state index contributed by atoms with van der Waals surface area (Å²) in [6.45, 7) is 10.0. The summed E-state index contributed by atoms with van der Waals surface area (Å²) in [4.78, 5) is 20.2. The van der Waals surface area contributed by atoms with Crippen LogP contribution in [0.4, 0.5) is 29.3 Å². The van der Waals surface area contributed by atoms with E-state index in [1.54, 1.807) is 0 Å². The number of alkyl halides is 2. The van der Waals surface area contributed by atoms with Gasteiger partial charge in [0.2, 0.25) is 5.95 Å². The summed E-state index contributed by atoms with van der Waals surface area (Å²) >= 11 is 0. The fourth-order valence-electron chi connectivity index (χ4n) is 5.92. The Morgan fingerprint density at radius 2 is 1.78 bits per heavy atom.